The lowest BCUT2D eigenvalue weighted by Gasteiger charge is -2.33. The van der Waals surface area contributed by atoms with Crippen LogP contribution >= 0.6 is 12.2 Å². The molecule has 0 aromatic carbocycles. The van der Waals surface area contributed by atoms with Crippen molar-refractivity contribution in [2.75, 3.05) is 13.7 Å². The Bertz CT molecular complexity index is 741. The van der Waals surface area contributed by atoms with Crippen LogP contribution in [-0.4, -0.2) is 39.3 Å². The van der Waals surface area contributed by atoms with Gasteiger partial charge in [-0.3, -0.25) is 4.98 Å². The molecule has 0 amide bonds. The van der Waals surface area contributed by atoms with Crippen LogP contribution in [0, 0.1) is 0 Å². The lowest BCUT2D eigenvalue weighted by atomic mass is 9.99. The van der Waals surface area contributed by atoms with E-state index < -0.39 is 0 Å². The molecule has 2 fully saturated rings. The molecule has 3 heterocycles. The minimum absolute atomic E-state index is 0.0699. The molecule has 4 rings (SSSR count). The SMILES string of the molecule is COCCn1cccc1[C@@H]1[C@@H](c2ccccn2)NC(=S)N1C1CCCC1. The van der Waals surface area contributed by atoms with Crippen molar-refractivity contribution in [2.24, 2.45) is 0 Å². The summed E-state index contributed by atoms with van der Waals surface area (Å²) >= 11 is 5.79. The highest BCUT2D eigenvalue weighted by Crippen LogP contribution is 2.42. The van der Waals surface area contributed by atoms with E-state index in [4.69, 9.17) is 17.0 Å². The standard InChI is InChI=1S/C20H26N4OS/c1-25-14-13-23-12-6-10-17(23)19-18(16-9-4-5-11-21-16)22-20(26)24(19)15-7-2-3-8-15/h4-6,9-12,15,18-19H,2-3,7-8,13-14H2,1H3,(H,22,26)/t18-,19-/m1/s1. The van der Waals surface area contributed by atoms with E-state index in [2.05, 4.69) is 44.2 Å². The van der Waals surface area contributed by atoms with E-state index in [9.17, 15) is 0 Å². The first-order valence-electron chi connectivity index (χ1n) is 9.43. The molecule has 26 heavy (non-hydrogen) atoms. The summed E-state index contributed by atoms with van der Waals surface area (Å²) in [6, 6.07) is 11.2. The average Bonchev–Trinajstić information content (AvgIpc) is 3.39. The highest BCUT2D eigenvalue weighted by atomic mass is 32.1. The minimum atomic E-state index is 0.0699. The number of aromatic nitrogens is 2. The highest BCUT2D eigenvalue weighted by Gasteiger charge is 2.44. The molecular formula is C20H26N4OS. The smallest absolute Gasteiger partial charge is 0.170 e. The molecule has 2 atom stereocenters. The second-order valence-electron chi connectivity index (χ2n) is 7.09. The molecule has 1 aliphatic carbocycles. The molecule has 2 aromatic heterocycles. The Hall–Kier alpha value is -1.92. The number of methoxy groups -OCH3 is 1. The van der Waals surface area contributed by atoms with Crippen molar-refractivity contribution in [3.05, 3.63) is 54.1 Å². The molecular weight excluding hydrogens is 344 g/mol. The van der Waals surface area contributed by atoms with Crippen LogP contribution in [0.25, 0.3) is 0 Å². The second kappa shape index (κ2) is 7.76. The molecule has 1 aliphatic heterocycles. The Balaban J connectivity index is 1.73. The second-order valence-corrected chi connectivity index (χ2v) is 7.48. The van der Waals surface area contributed by atoms with Gasteiger partial charge in [0, 0.05) is 37.8 Å². The zero-order valence-corrected chi connectivity index (χ0v) is 16.0. The van der Waals surface area contributed by atoms with Crippen molar-refractivity contribution in [1.82, 2.24) is 19.8 Å². The number of pyridine rings is 1. The highest BCUT2D eigenvalue weighted by molar-refractivity contribution is 7.80. The lowest BCUT2D eigenvalue weighted by Crippen LogP contribution is -2.38. The van der Waals surface area contributed by atoms with Crippen LogP contribution in [0.15, 0.2) is 42.7 Å². The van der Waals surface area contributed by atoms with Crippen LogP contribution in [0.5, 0.6) is 0 Å². The lowest BCUT2D eigenvalue weighted by molar-refractivity contribution is 0.181. The predicted molar refractivity (Wildman–Crippen MR) is 106 cm³/mol. The summed E-state index contributed by atoms with van der Waals surface area (Å²) in [7, 11) is 1.75. The fourth-order valence-corrected chi connectivity index (χ4v) is 4.74. The van der Waals surface area contributed by atoms with E-state index in [1.54, 1.807) is 7.11 Å². The first-order valence-corrected chi connectivity index (χ1v) is 9.84. The van der Waals surface area contributed by atoms with Crippen molar-refractivity contribution in [3.8, 4) is 0 Å². The van der Waals surface area contributed by atoms with Crippen molar-refractivity contribution in [2.45, 2.75) is 50.4 Å². The van der Waals surface area contributed by atoms with Crippen LogP contribution < -0.4 is 5.32 Å². The van der Waals surface area contributed by atoms with Crippen LogP contribution in [0.2, 0.25) is 0 Å². The molecule has 1 saturated heterocycles. The largest absolute Gasteiger partial charge is 0.383 e. The van der Waals surface area contributed by atoms with Crippen molar-refractivity contribution in [1.29, 1.82) is 0 Å². The summed E-state index contributed by atoms with van der Waals surface area (Å²) in [4.78, 5) is 7.07. The van der Waals surface area contributed by atoms with E-state index in [0.717, 1.165) is 17.4 Å². The molecule has 1 N–H and O–H groups in total. The van der Waals surface area contributed by atoms with Crippen LogP contribution in [0.1, 0.15) is 49.2 Å². The van der Waals surface area contributed by atoms with Crippen LogP contribution in [0.3, 0.4) is 0 Å². The number of hydrogen-bond acceptors (Lipinski definition) is 3. The number of nitrogens with one attached hydrogen (secondary N) is 1. The Kier molecular flexibility index (Phi) is 5.22. The van der Waals surface area contributed by atoms with Gasteiger partial charge in [0.2, 0.25) is 0 Å². The Labute approximate surface area is 160 Å². The summed E-state index contributed by atoms with van der Waals surface area (Å²) in [5.74, 6) is 0. The van der Waals surface area contributed by atoms with E-state index in [1.807, 2.05) is 18.3 Å². The molecule has 1 saturated carbocycles. The van der Waals surface area contributed by atoms with Gasteiger partial charge in [0.1, 0.15) is 0 Å². The maximum Gasteiger partial charge on any atom is 0.170 e. The average molecular weight is 371 g/mol. The van der Waals surface area contributed by atoms with Gasteiger partial charge in [-0.15, -0.1) is 0 Å². The predicted octanol–water partition coefficient (Wildman–Crippen LogP) is 3.44. The van der Waals surface area contributed by atoms with Gasteiger partial charge in [0.05, 0.1) is 24.4 Å². The molecule has 6 heteroatoms. The molecule has 138 valence electrons. The van der Waals surface area contributed by atoms with Gasteiger partial charge in [0.25, 0.3) is 0 Å². The molecule has 2 aromatic rings. The number of hydrogen-bond donors (Lipinski definition) is 1. The van der Waals surface area contributed by atoms with Crippen LogP contribution in [0.4, 0.5) is 0 Å². The van der Waals surface area contributed by atoms with Crippen LogP contribution in [-0.2, 0) is 11.3 Å². The summed E-state index contributed by atoms with van der Waals surface area (Å²) < 4.78 is 7.60. The normalized spacial score (nSPS) is 23.6. The molecule has 0 radical (unpaired) electrons. The molecule has 0 spiro atoms. The van der Waals surface area contributed by atoms with Gasteiger partial charge in [0.15, 0.2) is 5.11 Å². The van der Waals surface area contributed by atoms with E-state index in [-0.39, 0.29) is 12.1 Å². The van der Waals surface area contributed by atoms with E-state index >= 15 is 0 Å². The number of ether oxygens (including phenoxy) is 1. The summed E-state index contributed by atoms with van der Waals surface area (Å²) in [6.07, 6.45) is 9.00. The summed E-state index contributed by atoms with van der Waals surface area (Å²) in [5, 5.41) is 4.43. The fraction of sp³-hybridized carbons (Fsp3) is 0.500. The fourth-order valence-electron chi connectivity index (χ4n) is 4.35. The Morgan fingerprint density at radius 2 is 2.08 bits per heavy atom. The molecule has 5 nitrogen and oxygen atoms in total. The maximum absolute atomic E-state index is 5.79. The third kappa shape index (κ3) is 3.23. The molecule has 0 bridgehead atoms. The van der Waals surface area contributed by atoms with Gasteiger partial charge >= 0.3 is 0 Å². The van der Waals surface area contributed by atoms with Gasteiger partial charge in [-0.1, -0.05) is 18.9 Å². The number of nitrogens with zero attached hydrogens (tertiary/aromatic N) is 3. The summed E-state index contributed by atoms with van der Waals surface area (Å²) in [6.45, 7) is 1.54. The van der Waals surface area contributed by atoms with Gasteiger partial charge in [-0.25, -0.2) is 0 Å². The maximum atomic E-state index is 5.79. The monoisotopic (exact) mass is 370 g/mol. The topological polar surface area (TPSA) is 42.3 Å². The first kappa shape index (κ1) is 17.5. The molecule has 0 unspecified atom stereocenters. The van der Waals surface area contributed by atoms with Gasteiger partial charge < -0.3 is 19.5 Å². The zero-order valence-electron chi connectivity index (χ0n) is 15.2. The number of rotatable bonds is 6. The van der Waals surface area contributed by atoms with Gasteiger partial charge in [-0.05, 0) is 49.3 Å². The van der Waals surface area contributed by atoms with Gasteiger partial charge in [-0.2, -0.15) is 0 Å². The third-order valence-corrected chi connectivity index (χ3v) is 5.89. The summed E-state index contributed by atoms with van der Waals surface area (Å²) in [5.41, 5.74) is 2.32. The van der Waals surface area contributed by atoms with Crippen molar-refractivity contribution in [3.63, 3.8) is 0 Å². The van der Waals surface area contributed by atoms with Crippen molar-refractivity contribution < 1.29 is 4.74 Å². The molecule has 2 aliphatic rings. The zero-order chi connectivity index (χ0) is 17.9. The quantitative estimate of drug-likeness (QED) is 0.789. The van der Waals surface area contributed by atoms with E-state index in [0.29, 0.717) is 12.6 Å². The Morgan fingerprint density at radius 3 is 2.81 bits per heavy atom. The Morgan fingerprint density at radius 1 is 1.23 bits per heavy atom. The third-order valence-electron chi connectivity index (χ3n) is 5.56. The first-order chi connectivity index (χ1) is 12.8. The van der Waals surface area contributed by atoms with E-state index in [1.165, 1.54) is 31.4 Å². The van der Waals surface area contributed by atoms with Crippen molar-refractivity contribution >= 4 is 17.3 Å². The number of thiocarbonyl (C=S) groups is 1. The minimum Gasteiger partial charge on any atom is -0.383 e.